The summed E-state index contributed by atoms with van der Waals surface area (Å²) in [4.78, 5) is 30.5. The third-order valence-corrected chi connectivity index (χ3v) is 10.8. The van der Waals surface area contributed by atoms with Crippen LogP contribution >= 0.6 is 0 Å². The number of carbonyl (C=O) groups is 2. The highest BCUT2D eigenvalue weighted by Crippen LogP contribution is 2.65. The van der Waals surface area contributed by atoms with Crippen molar-refractivity contribution in [2.75, 3.05) is 25.2 Å². The highest BCUT2D eigenvalue weighted by Gasteiger charge is 2.75. The second-order valence-electron chi connectivity index (χ2n) is 13.0. The summed E-state index contributed by atoms with van der Waals surface area (Å²) in [5.74, 6) is 0.357. The molecule has 3 fully saturated rings. The number of amides is 1. The average molecular weight is 581 g/mol. The summed E-state index contributed by atoms with van der Waals surface area (Å²) >= 11 is 0. The quantitative estimate of drug-likeness (QED) is 0.391. The first-order valence-electron chi connectivity index (χ1n) is 15.2. The fourth-order valence-corrected chi connectivity index (χ4v) is 8.61. The molecular formula is C34H32N2O7. The third kappa shape index (κ3) is 3.46. The van der Waals surface area contributed by atoms with Gasteiger partial charge in [-0.3, -0.25) is 14.5 Å². The van der Waals surface area contributed by atoms with Gasteiger partial charge in [0.1, 0.15) is 5.92 Å². The average Bonchev–Trinajstić information content (AvgIpc) is 3.56. The van der Waals surface area contributed by atoms with E-state index in [1.807, 2.05) is 42.5 Å². The molecule has 3 aliphatic carbocycles. The Morgan fingerprint density at radius 2 is 1.88 bits per heavy atom. The zero-order valence-electron chi connectivity index (χ0n) is 23.5. The highest BCUT2D eigenvalue weighted by molar-refractivity contribution is 6.10. The van der Waals surface area contributed by atoms with Gasteiger partial charge >= 0.3 is 0 Å². The zero-order chi connectivity index (χ0) is 29.1. The van der Waals surface area contributed by atoms with E-state index in [0.29, 0.717) is 41.7 Å². The number of ether oxygens (including phenoxy) is 3. The lowest BCUT2D eigenvalue weighted by Gasteiger charge is -2.63. The van der Waals surface area contributed by atoms with E-state index in [1.165, 1.54) is 12.8 Å². The second-order valence-corrected chi connectivity index (χ2v) is 13.0. The number of ketones is 1. The van der Waals surface area contributed by atoms with Crippen molar-refractivity contribution in [1.82, 2.24) is 4.90 Å². The number of piperidine rings is 1. The molecule has 3 N–H and O–H groups in total. The molecule has 1 unspecified atom stereocenters. The SMILES string of the molecule is O=C(Nc1cccc(-c2ccc3c(c2)OCO3)c1)C1C[C@@]2(O)[C@H]3Cc4ccc(O)c5c4[C@@]2(CCN3CC2CC2)[C@@H](O5)C1=O. The van der Waals surface area contributed by atoms with Crippen LogP contribution in [0.15, 0.2) is 54.6 Å². The van der Waals surface area contributed by atoms with Gasteiger partial charge < -0.3 is 29.7 Å². The lowest BCUT2D eigenvalue weighted by atomic mass is 9.47. The molecule has 2 bridgehead atoms. The van der Waals surface area contributed by atoms with Crippen molar-refractivity contribution >= 4 is 17.4 Å². The van der Waals surface area contributed by atoms with E-state index in [9.17, 15) is 19.8 Å². The van der Waals surface area contributed by atoms with Gasteiger partial charge in [-0.1, -0.05) is 24.3 Å². The molecule has 9 rings (SSSR count). The molecular weight excluding hydrogens is 548 g/mol. The number of nitrogens with zero attached hydrogens (tertiary/aromatic N) is 1. The van der Waals surface area contributed by atoms with Gasteiger partial charge in [0.05, 0.1) is 11.0 Å². The van der Waals surface area contributed by atoms with Crippen LogP contribution in [0.5, 0.6) is 23.0 Å². The summed E-state index contributed by atoms with van der Waals surface area (Å²) in [6.07, 6.45) is 2.50. The van der Waals surface area contributed by atoms with E-state index in [2.05, 4.69) is 10.2 Å². The summed E-state index contributed by atoms with van der Waals surface area (Å²) in [7, 11) is 0. The van der Waals surface area contributed by atoms with Crippen molar-refractivity contribution in [3.63, 3.8) is 0 Å². The molecule has 9 heteroatoms. The van der Waals surface area contributed by atoms with Crippen LogP contribution in [0.1, 0.15) is 36.8 Å². The largest absolute Gasteiger partial charge is 0.504 e. The first kappa shape index (κ1) is 25.4. The fourth-order valence-electron chi connectivity index (χ4n) is 8.61. The molecule has 2 saturated carbocycles. The number of anilines is 1. The van der Waals surface area contributed by atoms with Crippen LogP contribution in [-0.2, 0) is 21.4 Å². The molecule has 1 saturated heterocycles. The van der Waals surface area contributed by atoms with E-state index in [0.717, 1.165) is 35.3 Å². The van der Waals surface area contributed by atoms with Crippen LogP contribution in [0.25, 0.3) is 11.1 Å². The number of fused-ring (bicyclic) bond motifs is 1. The number of nitrogens with one attached hydrogen (secondary N) is 1. The number of aliphatic hydroxyl groups is 1. The number of phenolic OH excluding ortho intramolecular Hbond substituents is 1. The van der Waals surface area contributed by atoms with Crippen molar-refractivity contribution in [3.05, 3.63) is 65.7 Å². The number of likely N-dealkylation sites (tertiary alicyclic amines) is 1. The minimum absolute atomic E-state index is 0.0136. The molecule has 6 aliphatic rings. The van der Waals surface area contributed by atoms with E-state index >= 15 is 0 Å². The molecule has 9 nitrogen and oxygen atoms in total. The maximum absolute atomic E-state index is 14.2. The fraction of sp³-hybridized carbons (Fsp3) is 0.412. The minimum atomic E-state index is -1.36. The smallest absolute Gasteiger partial charge is 0.235 e. The van der Waals surface area contributed by atoms with Crippen LogP contribution in [-0.4, -0.2) is 64.4 Å². The van der Waals surface area contributed by atoms with Crippen molar-refractivity contribution in [2.24, 2.45) is 11.8 Å². The molecule has 1 amide bonds. The molecule has 43 heavy (non-hydrogen) atoms. The van der Waals surface area contributed by atoms with Crippen LogP contribution in [0.3, 0.4) is 0 Å². The lowest BCUT2D eigenvalue weighted by Crippen LogP contribution is -2.78. The highest BCUT2D eigenvalue weighted by atomic mass is 16.7. The molecule has 5 atom stereocenters. The summed E-state index contributed by atoms with van der Waals surface area (Å²) in [6, 6.07) is 16.4. The van der Waals surface area contributed by atoms with Crippen molar-refractivity contribution in [1.29, 1.82) is 0 Å². The number of aromatic hydroxyl groups is 1. The van der Waals surface area contributed by atoms with Crippen molar-refractivity contribution < 1.29 is 34.0 Å². The van der Waals surface area contributed by atoms with Crippen LogP contribution < -0.4 is 19.5 Å². The Kier molecular flexibility index (Phi) is 5.16. The maximum atomic E-state index is 14.2. The number of phenols is 1. The van der Waals surface area contributed by atoms with E-state index in [1.54, 1.807) is 12.1 Å². The number of benzene rings is 3. The van der Waals surface area contributed by atoms with Crippen LogP contribution in [0.2, 0.25) is 0 Å². The molecule has 3 aromatic rings. The van der Waals surface area contributed by atoms with E-state index in [-0.39, 0.29) is 30.8 Å². The van der Waals surface area contributed by atoms with Gasteiger partial charge in [0.2, 0.25) is 12.7 Å². The van der Waals surface area contributed by atoms with Crippen molar-refractivity contribution in [2.45, 2.75) is 55.3 Å². The lowest BCUT2D eigenvalue weighted by molar-refractivity contribution is -0.197. The van der Waals surface area contributed by atoms with Crippen LogP contribution in [0.4, 0.5) is 5.69 Å². The van der Waals surface area contributed by atoms with Gasteiger partial charge in [-0.25, -0.2) is 0 Å². The van der Waals surface area contributed by atoms with Gasteiger partial charge in [0, 0.05) is 23.8 Å². The minimum Gasteiger partial charge on any atom is -0.504 e. The monoisotopic (exact) mass is 580 g/mol. The Bertz CT molecular complexity index is 1720. The Morgan fingerprint density at radius 1 is 1.05 bits per heavy atom. The Balaban J connectivity index is 1.06. The van der Waals surface area contributed by atoms with Gasteiger partial charge in [0.15, 0.2) is 34.9 Å². The Morgan fingerprint density at radius 3 is 2.74 bits per heavy atom. The third-order valence-electron chi connectivity index (χ3n) is 10.8. The molecule has 220 valence electrons. The number of carbonyl (C=O) groups excluding carboxylic acids is 2. The predicted octanol–water partition coefficient (Wildman–Crippen LogP) is 3.79. The molecule has 1 spiro atoms. The Labute approximate surface area is 248 Å². The standard InChI is InChI=1S/C34H32N2O7/c37-24-8-6-21-14-27-34(40)15-23(29(38)31-33(34,28(21)30(24)43-31)10-11-36(27)16-18-4-5-18)32(39)35-22-3-1-2-19(12-22)20-7-9-25-26(13-20)42-17-41-25/h1-3,6-9,12-13,18,23,27,31,37,40H,4-5,10-11,14-17H2,(H,35,39)/t23?,27-,31+,33+,34-/m1/s1. The topological polar surface area (TPSA) is 118 Å². The summed E-state index contributed by atoms with van der Waals surface area (Å²) in [5, 5.41) is 26.6. The van der Waals surface area contributed by atoms with E-state index in [4.69, 9.17) is 14.2 Å². The van der Waals surface area contributed by atoms with E-state index < -0.39 is 28.9 Å². The Hall–Kier alpha value is -4.08. The number of Topliss-reactive ketones (excluding diaryl/α,β-unsaturated/α-hetero) is 1. The predicted molar refractivity (Wildman–Crippen MR) is 155 cm³/mol. The first-order valence-corrected chi connectivity index (χ1v) is 15.2. The number of hydrogen-bond acceptors (Lipinski definition) is 8. The van der Waals surface area contributed by atoms with Gasteiger partial charge in [-0.2, -0.15) is 0 Å². The summed E-state index contributed by atoms with van der Waals surface area (Å²) < 4.78 is 17.2. The second kappa shape index (κ2) is 8.74. The van der Waals surface area contributed by atoms with Gasteiger partial charge in [-0.05, 0) is 91.6 Å². The molecule has 3 heterocycles. The molecule has 3 aromatic carbocycles. The maximum Gasteiger partial charge on any atom is 0.235 e. The number of rotatable bonds is 5. The summed E-state index contributed by atoms with van der Waals surface area (Å²) in [6.45, 7) is 1.84. The zero-order valence-corrected chi connectivity index (χ0v) is 23.5. The normalized spacial score (nSPS) is 31.4. The molecule has 0 radical (unpaired) electrons. The van der Waals surface area contributed by atoms with Crippen molar-refractivity contribution in [3.8, 4) is 34.1 Å². The van der Waals surface area contributed by atoms with Gasteiger partial charge in [-0.15, -0.1) is 0 Å². The first-order chi connectivity index (χ1) is 20.9. The number of hydrogen-bond donors (Lipinski definition) is 3. The molecule has 3 aliphatic heterocycles. The molecule has 0 aromatic heterocycles. The van der Waals surface area contributed by atoms with Gasteiger partial charge in [0.25, 0.3) is 0 Å². The summed E-state index contributed by atoms with van der Waals surface area (Å²) in [5.41, 5.74) is 1.78. The van der Waals surface area contributed by atoms with Crippen LogP contribution in [0, 0.1) is 11.8 Å².